The molecular weight excluding hydrogens is 488 g/mol. The monoisotopic (exact) mass is 516 g/mol. The molecule has 0 aliphatic carbocycles. The summed E-state index contributed by atoms with van der Waals surface area (Å²) < 4.78 is 32.3. The van der Waals surface area contributed by atoms with Crippen LogP contribution < -0.4 is 0 Å². The normalized spacial score (nSPS) is 15.6. The molecule has 5 heterocycles. The third-order valence-electron chi connectivity index (χ3n) is 7.33. The molecule has 0 atom stereocenters. The lowest BCUT2D eigenvalue weighted by atomic mass is 10.0. The molecule has 190 valence electrons. The average Bonchev–Trinajstić information content (AvgIpc) is 3.62. The number of hydrogen-bond donors (Lipinski definition) is 0. The molecule has 1 aliphatic rings. The van der Waals surface area contributed by atoms with Gasteiger partial charge in [-0.15, -0.1) is 0 Å². The zero-order valence-corrected chi connectivity index (χ0v) is 21.4. The maximum absolute atomic E-state index is 13.4. The predicted octanol–water partition coefficient (Wildman–Crippen LogP) is 3.54. The Morgan fingerprint density at radius 3 is 2.51 bits per heavy atom. The van der Waals surface area contributed by atoms with Gasteiger partial charge in [0.1, 0.15) is 17.6 Å². The van der Waals surface area contributed by atoms with Gasteiger partial charge in [0.05, 0.1) is 23.0 Å². The first-order valence-electron chi connectivity index (χ1n) is 12.4. The van der Waals surface area contributed by atoms with E-state index in [2.05, 4.69) is 44.4 Å². The quantitative estimate of drug-likeness (QED) is 0.307. The summed E-state index contributed by atoms with van der Waals surface area (Å²) in [4.78, 5) is 23.4. The second kappa shape index (κ2) is 9.28. The minimum atomic E-state index is -3.81. The van der Waals surface area contributed by atoms with Gasteiger partial charge in [0.25, 0.3) is 10.0 Å². The van der Waals surface area contributed by atoms with Crippen LogP contribution >= 0.6 is 0 Å². The molecule has 1 fully saturated rings. The molecule has 0 radical (unpaired) electrons. The molecule has 6 rings (SSSR count). The van der Waals surface area contributed by atoms with Gasteiger partial charge in [-0.25, -0.2) is 22.4 Å². The highest BCUT2D eigenvalue weighted by Gasteiger charge is 2.28. The summed E-state index contributed by atoms with van der Waals surface area (Å²) >= 11 is 0. The number of hydrogen-bond acceptors (Lipinski definition) is 6. The highest BCUT2D eigenvalue weighted by Crippen LogP contribution is 2.34. The van der Waals surface area contributed by atoms with Crippen LogP contribution in [0.2, 0.25) is 0 Å². The number of pyridine rings is 1. The number of imidazole rings is 1. The number of benzene rings is 1. The SMILES string of the molecule is Cn1cccc1CN1CCC(n2c(CC=O)nc3cnc4c(ccn4S(=O)(=O)c4ccccc4)c32)CC1. The molecule has 0 saturated carbocycles. The summed E-state index contributed by atoms with van der Waals surface area (Å²) in [6.07, 6.45) is 8.13. The van der Waals surface area contributed by atoms with E-state index in [1.807, 2.05) is 0 Å². The van der Waals surface area contributed by atoms with E-state index in [4.69, 9.17) is 4.98 Å². The van der Waals surface area contributed by atoms with Gasteiger partial charge in [0.15, 0.2) is 5.65 Å². The predicted molar refractivity (Wildman–Crippen MR) is 141 cm³/mol. The molecule has 1 aliphatic heterocycles. The van der Waals surface area contributed by atoms with Crippen LogP contribution in [-0.2, 0) is 34.8 Å². The molecule has 0 N–H and O–H groups in total. The average molecular weight is 517 g/mol. The van der Waals surface area contributed by atoms with Gasteiger partial charge in [-0.3, -0.25) is 4.90 Å². The van der Waals surface area contributed by atoms with Gasteiger partial charge in [-0.05, 0) is 43.2 Å². The lowest BCUT2D eigenvalue weighted by Gasteiger charge is -2.33. The van der Waals surface area contributed by atoms with Crippen LogP contribution in [0.25, 0.3) is 22.1 Å². The Morgan fingerprint density at radius 1 is 1.03 bits per heavy atom. The molecule has 0 unspecified atom stereocenters. The van der Waals surface area contributed by atoms with Crippen molar-refractivity contribution >= 4 is 38.4 Å². The molecule has 4 aromatic heterocycles. The summed E-state index contributed by atoms with van der Waals surface area (Å²) in [6.45, 7) is 2.75. The van der Waals surface area contributed by atoms with Gasteiger partial charge < -0.3 is 13.9 Å². The smallest absolute Gasteiger partial charge is 0.269 e. The van der Waals surface area contributed by atoms with Gasteiger partial charge in [-0.1, -0.05) is 18.2 Å². The molecule has 1 saturated heterocycles. The molecule has 0 spiro atoms. The van der Waals surface area contributed by atoms with Gasteiger partial charge in [0.2, 0.25) is 0 Å². The Balaban J connectivity index is 1.39. The van der Waals surface area contributed by atoms with Gasteiger partial charge in [-0.2, -0.15) is 0 Å². The van der Waals surface area contributed by atoms with E-state index in [-0.39, 0.29) is 17.4 Å². The minimum Gasteiger partial charge on any atom is -0.353 e. The van der Waals surface area contributed by atoms with E-state index in [0.717, 1.165) is 44.3 Å². The number of rotatable bonds is 7. The first kappa shape index (κ1) is 23.6. The summed E-state index contributed by atoms with van der Waals surface area (Å²) in [7, 11) is -1.74. The van der Waals surface area contributed by atoms with Crippen molar-refractivity contribution in [3.63, 3.8) is 0 Å². The number of aromatic nitrogens is 5. The molecule has 5 aromatic rings. The molecular formula is C27H28N6O3S. The van der Waals surface area contributed by atoms with E-state index >= 15 is 0 Å². The van der Waals surface area contributed by atoms with Gasteiger partial charge in [0, 0.05) is 56.2 Å². The zero-order valence-electron chi connectivity index (χ0n) is 20.6. The molecule has 0 amide bonds. The fourth-order valence-corrected chi connectivity index (χ4v) is 6.76. The van der Waals surface area contributed by atoms with Gasteiger partial charge >= 0.3 is 0 Å². The first-order valence-corrected chi connectivity index (χ1v) is 13.8. The van der Waals surface area contributed by atoms with E-state index < -0.39 is 10.0 Å². The van der Waals surface area contributed by atoms with E-state index in [0.29, 0.717) is 22.4 Å². The Bertz CT molecular complexity index is 1690. The number of carbonyl (C=O) groups is 1. The molecule has 9 nitrogen and oxygen atoms in total. The first-order chi connectivity index (χ1) is 18.0. The number of aryl methyl sites for hydroxylation is 1. The summed E-state index contributed by atoms with van der Waals surface area (Å²) in [5.74, 6) is 0.693. The Morgan fingerprint density at radius 2 is 1.81 bits per heavy atom. The lowest BCUT2D eigenvalue weighted by Crippen LogP contribution is -2.35. The maximum Gasteiger partial charge on any atom is 0.269 e. The number of carbonyl (C=O) groups excluding carboxylic acids is 1. The largest absolute Gasteiger partial charge is 0.353 e. The van der Waals surface area contributed by atoms with Crippen molar-refractivity contribution in [2.75, 3.05) is 13.1 Å². The Labute approximate surface area is 215 Å². The highest BCUT2D eigenvalue weighted by molar-refractivity contribution is 7.90. The lowest BCUT2D eigenvalue weighted by molar-refractivity contribution is -0.107. The summed E-state index contributed by atoms with van der Waals surface area (Å²) in [5.41, 5.74) is 3.15. The fraction of sp³-hybridized carbons (Fsp3) is 0.296. The van der Waals surface area contributed by atoms with Crippen molar-refractivity contribution in [3.05, 3.63) is 78.6 Å². The zero-order chi connectivity index (χ0) is 25.6. The summed E-state index contributed by atoms with van der Waals surface area (Å²) in [5, 5.41) is 0.716. The van der Waals surface area contributed by atoms with Crippen molar-refractivity contribution < 1.29 is 13.2 Å². The van der Waals surface area contributed by atoms with E-state index in [1.165, 1.54) is 9.67 Å². The molecule has 10 heteroatoms. The maximum atomic E-state index is 13.4. The number of likely N-dealkylation sites (tertiary alicyclic amines) is 1. The van der Waals surface area contributed by atoms with Crippen LogP contribution in [0.5, 0.6) is 0 Å². The number of piperidine rings is 1. The van der Waals surface area contributed by atoms with Crippen molar-refractivity contribution in [1.29, 1.82) is 0 Å². The number of aldehydes is 1. The van der Waals surface area contributed by atoms with Crippen LogP contribution in [0.1, 0.15) is 30.4 Å². The van der Waals surface area contributed by atoms with Crippen LogP contribution in [0.15, 0.2) is 72.0 Å². The second-order valence-electron chi connectivity index (χ2n) is 9.55. The van der Waals surface area contributed by atoms with Crippen LogP contribution in [0.3, 0.4) is 0 Å². The molecule has 0 bridgehead atoms. The fourth-order valence-electron chi connectivity index (χ4n) is 5.43. The number of nitrogens with zero attached hydrogens (tertiary/aromatic N) is 6. The standard InChI is InChI=1S/C27H28N6O3S/c1-30-13-5-6-21(30)19-31-14-9-20(10-15-31)33-25(12-17-34)29-24-18-28-27-23(26(24)33)11-16-32(27)37(35,36)22-7-3-2-4-8-22/h2-8,11,13,16-18,20H,9-10,12,14-15,19H2,1H3. The van der Waals surface area contributed by atoms with Crippen molar-refractivity contribution in [1.82, 2.24) is 28.0 Å². The third-order valence-corrected chi connectivity index (χ3v) is 9.01. The van der Waals surface area contributed by atoms with Crippen molar-refractivity contribution in [2.45, 2.75) is 36.7 Å². The Kier molecular flexibility index (Phi) is 5.92. The highest BCUT2D eigenvalue weighted by atomic mass is 32.2. The molecule has 1 aromatic carbocycles. The van der Waals surface area contributed by atoms with E-state index in [9.17, 15) is 13.2 Å². The topological polar surface area (TPSA) is 95.0 Å². The van der Waals surface area contributed by atoms with Crippen LogP contribution in [0, 0.1) is 0 Å². The minimum absolute atomic E-state index is 0.157. The van der Waals surface area contributed by atoms with E-state index in [1.54, 1.807) is 48.8 Å². The van der Waals surface area contributed by atoms with Crippen molar-refractivity contribution in [3.8, 4) is 0 Å². The Hall–Kier alpha value is -3.76. The van der Waals surface area contributed by atoms with Crippen LogP contribution in [-0.4, -0.2) is 55.8 Å². The second-order valence-corrected chi connectivity index (χ2v) is 11.4. The molecule has 37 heavy (non-hydrogen) atoms. The summed E-state index contributed by atoms with van der Waals surface area (Å²) in [6, 6.07) is 14.5. The number of fused-ring (bicyclic) bond motifs is 3. The van der Waals surface area contributed by atoms with Crippen LogP contribution in [0.4, 0.5) is 0 Å². The van der Waals surface area contributed by atoms with Crippen molar-refractivity contribution in [2.24, 2.45) is 7.05 Å². The third kappa shape index (κ3) is 4.06.